The fourth-order valence-corrected chi connectivity index (χ4v) is 4.02. The topological polar surface area (TPSA) is 77.1 Å². The van der Waals surface area contributed by atoms with Crippen LogP contribution in [0.5, 0.6) is 11.5 Å². The first-order valence-electron chi connectivity index (χ1n) is 10.2. The maximum atomic E-state index is 13.0. The number of hydrogen-bond acceptors (Lipinski definition) is 5. The van der Waals surface area contributed by atoms with E-state index in [4.69, 9.17) is 20.3 Å². The average molecular weight is 386 g/mol. The van der Waals surface area contributed by atoms with E-state index in [9.17, 15) is 4.79 Å². The molecule has 0 bridgehead atoms. The fourth-order valence-electron chi connectivity index (χ4n) is 4.02. The molecule has 6 nitrogen and oxygen atoms in total. The molecule has 0 saturated heterocycles. The van der Waals surface area contributed by atoms with Gasteiger partial charge in [0.2, 0.25) is 5.91 Å². The maximum Gasteiger partial charge on any atom is 0.246 e. The van der Waals surface area contributed by atoms with Crippen LogP contribution in [0, 0.1) is 11.8 Å². The molecule has 1 aliphatic heterocycles. The Morgan fingerprint density at radius 1 is 1.04 bits per heavy atom. The summed E-state index contributed by atoms with van der Waals surface area (Å²) in [5.74, 6) is 1.60. The Labute approximate surface area is 167 Å². The van der Waals surface area contributed by atoms with Gasteiger partial charge in [0.05, 0.1) is 25.8 Å². The Hall–Kier alpha value is -2.34. The van der Waals surface area contributed by atoms with Gasteiger partial charge in [0.15, 0.2) is 11.5 Å². The molecule has 0 radical (unpaired) electrons. The highest BCUT2D eigenvalue weighted by molar-refractivity contribution is 6.07. The third-order valence-corrected chi connectivity index (χ3v) is 5.59. The number of methoxy groups -OCH3 is 2. The molecular weight excluding hydrogens is 354 g/mol. The van der Waals surface area contributed by atoms with Crippen molar-refractivity contribution in [2.45, 2.75) is 38.5 Å². The Morgan fingerprint density at radius 2 is 1.75 bits per heavy atom. The Morgan fingerprint density at radius 3 is 2.46 bits per heavy atom. The van der Waals surface area contributed by atoms with Crippen molar-refractivity contribution in [1.82, 2.24) is 5.01 Å². The lowest BCUT2D eigenvalue weighted by Gasteiger charge is -2.37. The van der Waals surface area contributed by atoms with Crippen molar-refractivity contribution < 1.29 is 14.3 Å². The molecule has 0 aromatic heterocycles. The number of hydrogen-bond donors (Lipinski definition) is 1. The van der Waals surface area contributed by atoms with Gasteiger partial charge in [0, 0.05) is 18.0 Å². The third kappa shape index (κ3) is 4.38. The fraction of sp³-hybridized carbons (Fsp3) is 0.545. The van der Waals surface area contributed by atoms with Crippen LogP contribution < -0.4 is 15.2 Å². The van der Waals surface area contributed by atoms with Crippen LogP contribution in [0.4, 0.5) is 0 Å². The lowest BCUT2D eigenvalue weighted by Crippen LogP contribution is -2.45. The molecule has 1 heterocycles. The zero-order chi connectivity index (χ0) is 19.9. The van der Waals surface area contributed by atoms with E-state index in [1.54, 1.807) is 19.2 Å². The average Bonchev–Trinajstić information content (AvgIpc) is 2.74. The van der Waals surface area contributed by atoms with Gasteiger partial charge in [-0.25, -0.2) is 5.01 Å². The summed E-state index contributed by atoms with van der Waals surface area (Å²) in [6.45, 7) is 1.38. The van der Waals surface area contributed by atoms with E-state index >= 15 is 0 Å². The van der Waals surface area contributed by atoms with E-state index in [2.05, 4.69) is 12.2 Å². The summed E-state index contributed by atoms with van der Waals surface area (Å²) >= 11 is 0. The smallest absolute Gasteiger partial charge is 0.246 e. The number of unbranched alkanes of at least 4 members (excludes halogenated alkanes) is 3. The van der Waals surface area contributed by atoms with Crippen LogP contribution in [0.15, 0.2) is 35.5 Å². The van der Waals surface area contributed by atoms with E-state index in [0.29, 0.717) is 18.0 Å². The minimum absolute atomic E-state index is 0.0327. The molecule has 0 fully saturated rings. The number of fused-ring (bicyclic) bond motifs is 1. The SMILES string of the molecule is COc1ccc(C2=NN(CCCCCCN)C(=O)[C@H]3CC=CC[C@@H]23)cc1OC. The molecule has 1 aromatic rings. The number of benzene rings is 1. The standard InChI is InChI=1S/C22H31N3O3/c1-27-19-12-11-16(15-20(19)28-2)21-17-9-5-6-10-18(17)22(26)25(24-21)14-8-4-3-7-13-23/h5-6,11-12,15,17-18H,3-4,7-10,13-14,23H2,1-2H3/t17-,18+/m1/s1. The number of nitrogens with two attached hydrogens (primary N) is 1. The van der Waals surface area contributed by atoms with Gasteiger partial charge in [-0.3, -0.25) is 4.79 Å². The highest BCUT2D eigenvalue weighted by Crippen LogP contribution is 2.37. The number of carbonyl (C=O) groups excluding carboxylic acids is 1. The first-order valence-corrected chi connectivity index (χ1v) is 10.2. The van der Waals surface area contributed by atoms with E-state index in [1.165, 1.54) is 0 Å². The summed E-state index contributed by atoms with van der Waals surface area (Å²) < 4.78 is 10.8. The number of allylic oxidation sites excluding steroid dienone is 2. The predicted octanol–water partition coefficient (Wildman–Crippen LogP) is 3.35. The monoisotopic (exact) mass is 385 g/mol. The molecule has 2 atom stereocenters. The molecule has 0 saturated carbocycles. The minimum atomic E-state index is -0.0327. The van der Waals surface area contributed by atoms with Gasteiger partial charge >= 0.3 is 0 Å². The number of amides is 1. The van der Waals surface area contributed by atoms with Crippen molar-refractivity contribution in [2.75, 3.05) is 27.3 Å². The van der Waals surface area contributed by atoms with Crippen LogP contribution in [-0.4, -0.2) is 43.9 Å². The molecule has 3 rings (SSSR count). The van der Waals surface area contributed by atoms with Crippen LogP contribution in [-0.2, 0) is 4.79 Å². The first kappa shape index (κ1) is 20.4. The molecule has 1 aliphatic carbocycles. The largest absolute Gasteiger partial charge is 0.493 e. The zero-order valence-electron chi connectivity index (χ0n) is 16.9. The van der Waals surface area contributed by atoms with Crippen LogP contribution in [0.3, 0.4) is 0 Å². The molecule has 28 heavy (non-hydrogen) atoms. The molecule has 1 aromatic carbocycles. The number of ether oxygens (including phenoxy) is 2. The van der Waals surface area contributed by atoms with Crippen molar-refractivity contribution in [3.05, 3.63) is 35.9 Å². The van der Waals surface area contributed by atoms with Gasteiger partial charge in [0.25, 0.3) is 0 Å². The summed E-state index contributed by atoms with van der Waals surface area (Å²) in [4.78, 5) is 13.0. The Kier molecular flexibility index (Phi) is 7.09. The summed E-state index contributed by atoms with van der Waals surface area (Å²) in [6, 6.07) is 5.87. The Balaban J connectivity index is 1.86. The summed E-state index contributed by atoms with van der Waals surface area (Å²) in [5.41, 5.74) is 7.52. The second kappa shape index (κ2) is 9.73. The Bertz CT molecular complexity index is 745. The number of nitrogens with zero attached hydrogens (tertiary/aromatic N) is 2. The van der Waals surface area contributed by atoms with E-state index < -0.39 is 0 Å². The first-order chi connectivity index (χ1) is 13.7. The number of rotatable bonds is 9. The number of carbonyl (C=O) groups is 1. The molecule has 2 N–H and O–H groups in total. The quantitative estimate of drug-likeness (QED) is 0.522. The van der Waals surface area contributed by atoms with Crippen molar-refractivity contribution in [3.63, 3.8) is 0 Å². The third-order valence-electron chi connectivity index (χ3n) is 5.59. The van der Waals surface area contributed by atoms with Gasteiger partial charge in [-0.15, -0.1) is 0 Å². The second-order valence-electron chi connectivity index (χ2n) is 7.38. The van der Waals surface area contributed by atoms with Crippen molar-refractivity contribution >= 4 is 11.6 Å². The lowest BCUT2D eigenvalue weighted by molar-refractivity contribution is -0.137. The van der Waals surface area contributed by atoms with E-state index in [0.717, 1.165) is 56.3 Å². The van der Waals surface area contributed by atoms with Gasteiger partial charge < -0.3 is 15.2 Å². The second-order valence-corrected chi connectivity index (χ2v) is 7.38. The van der Waals surface area contributed by atoms with Crippen molar-refractivity contribution in [2.24, 2.45) is 22.7 Å². The van der Waals surface area contributed by atoms with E-state index in [-0.39, 0.29) is 17.7 Å². The van der Waals surface area contributed by atoms with Gasteiger partial charge in [0.1, 0.15) is 0 Å². The van der Waals surface area contributed by atoms with Crippen LogP contribution in [0.2, 0.25) is 0 Å². The summed E-state index contributed by atoms with van der Waals surface area (Å²) in [5, 5.41) is 6.50. The van der Waals surface area contributed by atoms with Gasteiger partial charge in [-0.05, 0) is 50.4 Å². The molecule has 152 valence electrons. The van der Waals surface area contributed by atoms with Crippen LogP contribution in [0.1, 0.15) is 44.1 Å². The van der Waals surface area contributed by atoms with Crippen LogP contribution in [0.25, 0.3) is 0 Å². The minimum Gasteiger partial charge on any atom is -0.493 e. The molecule has 0 spiro atoms. The molecular formula is C22H31N3O3. The normalized spacial score (nSPS) is 21.3. The van der Waals surface area contributed by atoms with Crippen LogP contribution >= 0.6 is 0 Å². The molecule has 2 aliphatic rings. The van der Waals surface area contributed by atoms with E-state index in [1.807, 2.05) is 18.2 Å². The number of hydrazone groups is 1. The van der Waals surface area contributed by atoms with Gasteiger partial charge in [-0.2, -0.15) is 5.10 Å². The highest BCUT2D eigenvalue weighted by atomic mass is 16.5. The lowest BCUT2D eigenvalue weighted by atomic mass is 9.76. The van der Waals surface area contributed by atoms with Crippen molar-refractivity contribution in [3.8, 4) is 11.5 Å². The zero-order valence-corrected chi connectivity index (χ0v) is 16.9. The maximum absolute atomic E-state index is 13.0. The molecule has 6 heteroatoms. The summed E-state index contributed by atoms with van der Waals surface area (Å²) in [7, 11) is 3.26. The molecule has 1 amide bonds. The molecule has 0 unspecified atom stereocenters. The summed E-state index contributed by atoms with van der Waals surface area (Å²) in [6.07, 6.45) is 10.0. The van der Waals surface area contributed by atoms with Gasteiger partial charge in [-0.1, -0.05) is 25.0 Å². The highest BCUT2D eigenvalue weighted by Gasteiger charge is 2.39. The van der Waals surface area contributed by atoms with Crippen molar-refractivity contribution in [1.29, 1.82) is 0 Å². The predicted molar refractivity (Wildman–Crippen MR) is 111 cm³/mol.